The highest BCUT2D eigenvalue weighted by atomic mass is 16.5. The zero-order chi connectivity index (χ0) is 9.42. The third kappa shape index (κ3) is 1.37. The van der Waals surface area contributed by atoms with E-state index in [2.05, 4.69) is 5.10 Å². The lowest BCUT2D eigenvalue weighted by Crippen LogP contribution is -2.22. The van der Waals surface area contributed by atoms with Crippen LogP contribution in [0.15, 0.2) is 6.07 Å². The van der Waals surface area contributed by atoms with Crippen molar-refractivity contribution in [3.63, 3.8) is 0 Å². The Bertz CT molecular complexity index is 345. The smallest absolute Gasteiger partial charge is 0.356 e. The van der Waals surface area contributed by atoms with Gasteiger partial charge < -0.3 is 9.84 Å². The second-order valence-electron chi connectivity index (χ2n) is 3.11. The summed E-state index contributed by atoms with van der Waals surface area (Å²) >= 11 is 0. The molecule has 2 heterocycles. The minimum Gasteiger partial charge on any atom is -0.476 e. The van der Waals surface area contributed by atoms with Crippen molar-refractivity contribution < 1.29 is 14.6 Å². The number of aromatic nitrogens is 2. The fourth-order valence-corrected chi connectivity index (χ4v) is 1.33. The molecule has 70 valence electrons. The number of rotatable bonds is 1. The summed E-state index contributed by atoms with van der Waals surface area (Å²) in [6.45, 7) is 2.68. The van der Waals surface area contributed by atoms with Gasteiger partial charge in [0.2, 0.25) is 5.88 Å². The summed E-state index contributed by atoms with van der Waals surface area (Å²) in [6, 6.07) is 1.46. The van der Waals surface area contributed by atoms with E-state index >= 15 is 0 Å². The molecule has 1 N–H and O–H groups in total. The number of carboxylic acid groups (broad SMARTS) is 1. The van der Waals surface area contributed by atoms with Crippen molar-refractivity contribution in [1.29, 1.82) is 0 Å². The molecule has 1 aliphatic heterocycles. The monoisotopic (exact) mass is 182 g/mol. The van der Waals surface area contributed by atoms with Crippen LogP contribution in [0.5, 0.6) is 5.88 Å². The topological polar surface area (TPSA) is 64.4 Å². The van der Waals surface area contributed by atoms with Gasteiger partial charge >= 0.3 is 5.97 Å². The number of ether oxygens (including phenoxy) is 1. The molecule has 0 aliphatic carbocycles. The van der Waals surface area contributed by atoms with Crippen molar-refractivity contribution in [2.75, 3.05) is 0 Å². The van der Waals surface area contributed by atoms with Crippen LogP contribution in [0.25, 0.3) is 0 Å². The van der Waals surface area contributed by atoms with Gasteiger partial charge in [0.05, 0.1) is 6.10 Å². The van der Waals surface area contributed by atoms with Crippen LogP contribution in [0.1, 0.15) is 23.8 Å². The second-order valence-corrected chi connectivity index (χ2v) is 3.11. The average molecular weight is 182 g/mol. The zero-order valence-electron chi connectivity index (χ0n) is 7.23. The molecule has 0 saturated heterocycles. The molecule has 1 unspecified atom stereocenters. The van der Waals surface area contributed by atoms with Crippen molar-refractivity contribution in [2.45, 2.75) is 26.0 Å². The van der Waals surface area contributed by atoms with Gasteiger partial charge in [0.15, 0.2) is 5.69 Å². The van der Waals surface area contributed by atoms with Crippen molar-refractivity contribution >= 4 is 5.97 Å². The van der Waals surface area contributed by atoms with Gasteiger partial charge in [-0.05, 0) is 6.92 Å². The molecule has 1 aromatic heterocycles. The first-order valence-corrected chi connectivity index (χ1v) is 4.14. The van der Waals surface area contributed by atoms with E-state index < -0.39 is 5.97 Å². The average Bonchev–Trinajstić information content (AvgIpc) is 2.46. The molecule has 13 heavy (non-hydrogen) atoms. The Balaban J connectivity index is 2.33. The van der Waals surface area contributed by atoms with Gasteiger partial charge in [0.25, 0.3) is 0 Å². The zero-order valence-corrected chi connectivity index (χ0v) is 7.23. The molecule has 2 rings (SSSR count). The lowest BCUT2D eigenvalue weighted by atomic mass is 10.2. The Labute approximate surface area is 74.9 Å². The number of fused-ring (bicyclic) bond motifs is 1. The van der Waals surface area contributed by atoms with Crippen molar-refractivity contribution in [2.24, 2.45) is 0 Å². The van der Waals surface area contributed by atoms with Crippen molar-refractivity contribution in [3.05, 3.63) is 11.8 Å². The molecule has 0 saturated carbocycles. The third-order valence-corrected chi connectivity index (χ3v) is 2.03. The van der Waals surface area contributed by atoms with Gasteiger partial charge in [0.1, 0.15) is 0 Å². The van der Waals surface area contributed by atoms with Crippen LogP contribution in [0.2, 0.25) is 0 Å². The lowest BCUT2D eigenvalue weighted by molar-refractivity contribution is 0.0689. The Hall–Kier alpha value is -1.52. The summed E-state index contributed by atoms with van der Waals surface area (Å²) in [7, 11) is 0. The predicted molar refractivity (Wildman–Crippen MR) is 43.9 cm³/mol. The van der Waals surface area contributed by atoms with Gasteiger partial charge in [-0.2, -0.15) is 5.10 Å². The number of hydrogen-bond donors (Lipinski definition) is 1. The first-order chi connectivity index (χ1) is 6.16. The Kier molecular flexibility index (Phi) is 1.72. The quantitative estimate of drug-likeness (QED) is 0.696. The highest BCUT2D eigenvalue weighted by Gasteiger charge is 2.20. The first-order valence-electron chi connectivity index (χ1n) is 4.14. The molecule has 0 spiro atoms. The number of carboxylic acids is 1. The Morgan fingerprint density at radius 2 is 2.62 bits per heavy atom. The largest absolute Gasteiger partial charge is 0.476 e. The van der Waals surface area contributed by atoms with Crippen LogP contribution >= 0.6 is 0 Å². The lowest BCUT2D eigenvalue weighted by Gasteiger charge is -2.20. The standard InChI is InChI=1S/C8H10N2O3/c1-5-2-3-10-7(13-5)4-6(9-10)8(11)12/h4-5H,2-3H2,1H3,(H,11,12). The molecule has 0 fully saturated rings. The molecule has 0 radical (unpaired) electrons. The van der Waals surface area contributed by atoms with E-state index in [1.807, 2.05) is 6.92 Å². The van der Waals surface area contributed by atoms with E-state index in [4.69, 9.17) is 9.84 Å². The molecule has 0 bridgehead atoms. The van der Waals surface area contributed by atoms with Gasteiger partial charge in [0, 0.05) is 19.0 Å². The van der Waals surface area contributed by atoms with Crippen LogP contribution in [0, 0.1) is 0 Å². The molecule has 5 nitrogen and oxygen atoms in total. The number of aromatic carboxylic acids is 1. The van der Waals surface area contributed by atoms with E-state index in [9.17, 15) is 4.79 Å². The molecule has 0 aromatic carbocycles. The van der Waals surface area contributed by atoms with Gasteiger partial charge in [-0.25, -0.2) is 9.48 Å². The summed E-state index contributed by atoms with van der Waals surface area (Å²) < 4.78 is 6.99. The molecular weight excluding hydrogens is 172 g/mol. The highest BCUT2D eigenvalue weighted by Crippen LogP contribution is 2.21. The SMILES string of the molecule is CC1CCn2nc(C(=O)O)cc2O1. The van der Waals surface area contributed by atoms with Crippen molar-refractivity contribution in [1.82, 2.24) is 9.78 Å². The number of aryl methyl sites for hydroxylation is 1. The molecule has 1 aromatic rings. The minimum atomic E-state index is -1.02. The molecule has 1 aliphatic rings. The Morgan fingerprint density at radius 3 is 3.31 bits per heavy atom. The number of carbonyl (C=O) groups is 1. The van der Waals surface area contributed by atoms with Crippen LogP contribution in [-0.4, -0.2) is 27.0 Å². The fourth-order valence-electron chi connectivity index (χ4n) is 1.33. The maximum atomic E-state index is 10.6. The van der Waals surface area contributed by atoms with E-state index in [1.165, 1.54) is 6.07 Å². The molecular formula is C8H10N2O3. The normalized spacial score (nSPS) is 20.5. The minimum absolute atomic E-state index is 0.0455. The highest BCUT2D eigenvalue weighted by molar-refractivity contribution is 5.85. The van der Waals surface area contributed by atoms with Crippen LogP contribution < -0.4 is 4.74 Å². The maximum absolute atomic E-state index is 10.6. The summed E-state index contributed by atoms with van der Waals surface area (Å²) in [6.07, 6.45) is 1.01. The number of hydrogen-bond acceptors (Lipinski definition) is 3. The predicted octanol–water partition coefficient (Wildman–Crippen LogP) is 0.752. The van der Waals surface area contributed by atoms with Crippen LogP contribution in [0.4, 0.5) is 0 Å². The van der Waals surface area contributed by atoms with Crippen molar-refractivity contribution in [3.8, 4) is 5.88 Å². The molecule has 5 heteroatoms. The maximum Gasteiger partial charge on any atom is 0.356 e. The van der Waals surface area contributed by atoms with E-state index in [-0.39, 0.29) is 11.8 Å². The molecule has 1 atom stereocenters. The van der Waals surface area contributed by atoms with E-state index in [1.54, 1.807) is 4.68 Å². The van der Waals surface area contributed by atoms with Gasteiger partial charge in [-0.3, -0.25) is 0 Å². The first kappa shape index (κ1) is 8.10. The summed E-state index contributed by atoms with van der Waals surface area (Å²) in [4.78, 5) is 10.6. The van der Waals surface area contributed by atoms with E-state index in [0.29, 0.717) is 5.88 Å². The van der Waals surface area contributed by atoms with Crippen LogP contribution in [0.3, 0.4) is 0 Å². The number of nitrogens with zero attached hydrogens (tertiary/aromatic N) is 2. The van der Waals surface area contributed by atoms with Gasteiger partial charge in [-0.1, -0.05) is 0 Å². The van der Waals surface area contributed by atoms with E-state index in [0.717, 1.165) is 13.0 Å². The Morgan fingerprint density at radius 1 is 1.85 bits per heavy atom. The van der Waals surface area contributed by atoms with Crippen LogP contribution in [-0.2, 0) is 6.54 Å². The molecule has 0 amide bonds. The summed E-state index contributed by atoms with van der Waals surface area (Å²) in [5, 5.41) is 12.5. The summed E-state index contributed by atoms with van der Waals surface area (Å²) in [5.41, 5.74) is 0.0455. The fraction of sp³-hybridized carbons (Fsp3) is 0.500. The van der Waals surface area contributed by atoms with Gasteiger partial charge in [-0.15, -0.1) is 0 Å². The third-order valence-electron chi connectivity index (χ3n) is 2.03. The summed E-state index contributed by atoms with van der Waals surface area (Å²) in [5.74, 6) is -0.464. The second kappa shape index (κ2) is 2.76.